The Kier molecular flexibility index (Phi) is 6.44. The average molecular weight is 491 g/mol. The van der Waals surface area contributed by atoms with Crippen LogP contribution in [0.2, 0.25) is 0 Å². The Morgan fingerprint density at radius 1 is 1.03 bits per heavy atom. The molecule has 34 heavy (non-hydrogen) atoms. The smallest absolute Gasteiger partial charge is 0.417 e. The van der Waals surface area contributed by atoms with Crippen LogP contribution in [0.15, 0.2) is 41.3 Å². The number of hydrogen-bond acceptors (Lipinski definition) is 5. The molecule has 1 aliphatic rings. The number of fused-ring (bicyclic) bond motifs is 1. The van der Waals surface area contributed by atoms with Gasteiger partial charge in [0.15, 0.2) is 6.10 Å². The lowest BCUT2D eigenvalue weighted by molar-refractivity contribution is -0.154. The molecule has 2 amide bonds. The number of benzene rings is 1. The molecule has 1 atom stereocenters. The van der Waals surface area contributed by atoms with Gasteiger partial charge in [-0.05, 0) is 31.2 Å². The third-order valence-corrected chi connectivity index (χ3v) is 4.72. The van der Waals surface area contributed by atoms with Gasteiger partial charge in [0.1, 0.15) is 13.1 Å². The molecular formula is C20H15F6N3O5. The number of nitrogens with one attached hydrogen (secondary N) is 1. The van der Waals surface area contributed by atoms with Gasteiger partial charge in [-0.2, -0.15) is 26.3 Å². The van der Waals surface area contributed by atoms with Crippen LogP contribution < -0.4 is 15.8 Å². The van der Waals surface area contributed by atoms with E-state index in [0.717, 1.165) is 17.9 Å². The number of ether oxygens (including phenoxy) is 1. The predicted molar refractivity (Wildman–Crippen MR) is 104 cm³/mol. The van der Waals surface area contributed by atoms with Gasteiger partial charge in [0.05, 0.1) is 22.5 Å². The number of carbonyl (C=O) groups is 3. The number of carbonyl (C=O) groups excluding carboxylic acids is 3. The van der Waals surface area contributed by atoms with Gasteiger partial charge in [-0.25, -0.2) is 0 Å². The molecule has 0 spiro atoms. The molecule has 1 aromatic heterocycles. The van der Waals surface area contributed by atoms with E-state index in [4.69, 9.17) is 4.74 Å². The van der Waals surface area contributed by atoms with Gasteiger partial charge in [0.25, 0.3) is 11.5 Å². The van der Waals surface area contributed by atoms with Crippen LogP contribution in [-0.4, -0.2) is 35.0 Å². The standard InChI is InChI=1S/C20H15F6N3O5/c1-10(34-17(32)9-28-7-12(20(24,25)26)3-5-16(28)31)18(33)29-8-15(30)27-13-6-11(19(21,22)23)2-4-14(13)29/h2-7,10H,8-9H2,1H3,(H,27,30). The maximum atomic E-state index is 12.9. The number of rotatable bonds is 4. The number of pyridine rings is 1. The van der Waals surface area contributed by atoms with E-state index in [1.54, 1.807) is 0 Å². The Balaban J connectivity index is 1.76. The van der Waals surface area contributed by atoms with Gasteiger partial charge < -0.3 is 14.6 Å². The first-order valence-corrected chi connectivity index (χ1v) is 9.46. The molecule has 1 unspecified atom stereocenters. The first-order chi connectivity index (χ1) is 15.7. The minimum atomic E-state index is -4.77. The van der Waals surface area contributed by atoms with E-state index >= 15 is 0 Å². The van der Waals surface area contributed by atoms with Crippen LogP contribution in [0.5, 0.6) is 0 Å². The summed E-state index contributed by atoms with van der Waals surface area (Å²) in [5, 5.41) is 2.22. The Labute approximate surface area is 186 Å². The minimum absolute atomic E-state index is 0.0744. The number of halogens is 6. The molecule has 14 heteroatoms. The zero-order chi connectivity index (χ0) is 25.4. The summed E-state index contributed by atoms with van der Waals surface area (Å²) in [5.74, 6) is -2.99. The molecule has 182 valence electrons. The summed E-state index contributed by atoms with van der Waals surface area (Å²) < 4.78 is 82.6. The van der Waals surface area contributed by atoms with Gasteiger partial charge >= 0.3 is 18.3 Å². The zero-order valence-electron chi connectivity index (χ0n) is 17.2. The van der Waals surface area contributed by atoms with Crippen LogP contribution in [-0.2, 0) is 38.0 Å². The zero-order valence-corrected chi connectivity index (χ0v) is 17.2. The van der Waals surface area contributed by atoms with E-state index in [1.807, 2.05) is 0 Å². The van der Waals surface area contributed by atoms with Crippen molar-refractivity contribution in [2.75, 3.05) is 16.8 Å². The fourth-order valence-corrected chi connectivity index (χ4v) is 3.13. The molecule has 2 heterocycles. The molecule has 2 aromatic rings. The molecule has 1 aromatic carbocycles. The number of amides is 2. The van der Waals surface area contributed by atoms with Crippen molar-refractivity contribution in [2.45, 2.75) is 31.9 Å². The summed E-state index contributed by atoms with van der Waals surface area (Å²) >= 11 is 0. The Hall–Kier alpha value is -3.84. The van der Waals surface area contributed by atoms with Crippen molar-refractivity contribution < 1.29 is 45.5 Å². The summed E-state index contributed by atoms with van der Waals surface area (Å²) in [6, 6.07) is 3.46. The second-order valence-electron chi connectivity index (χ2n) is 7.22. The van der Waals surface area contributed by atoms with Crippen molar-refractivity contribution in [1.82, 2.24) is 4.57 Å². The molecule has 0 aliphatic carbocycles. The van der Waals surface area contributed by atoms with Gasteiger partial charge in [-0.1, -0.05) is 0 Å². The van der Waals surface area contributed by atoms with Crippen molar-refractivity contribution in [3.8, 4) is 0 Å². The minimum Gasteiger partial charge on any atom is -0.451 e. The van der Waals surface area contributed by atoms with Crippen molar-refractivity contribution in [1.29, 1.82) is 0 Å². The average Bonchev–Trinajstić information content (AvgIpc) is 2.72. The Morgan fingerprint density at radius 3 is 2.26 bits per heavy atom. The number of anilines is 2. The first kappa shape index (κ1) is 24.8. The molecule has 1 aliphatic heterocycles. The number of hydrogen-bond donors (Lipinski definition) is 1. The van der Waals surface area contributed by atoms with E-state index in [-0.39, 0.29) is 11.4 Å². The lowest BCUT2D eigenvalue weighted by Crippen LogP contribution is -2.47. The molecule has 0 saturated heterocycles. The molecule has 8 nitrogen and oxygen atoms in total. The van der Waals surface area contributed by atoms with Crippen LogP contribution in [0.3, 0.4) is 0 Å². The van der Waals surface area contributed by atoms with Crippen LogP contribution in [0.25, 0.3) is 0 Å². The molecule has 1 N–H and O–H groups in total. The summed E-state index contributed by atoms with van der Waals surface area (Å²) in [5.41, 5.74) is -3.53. The van der Waals surface area contributed by atoms with Gasteiger partial charge in [-0.3, -0.25) is 24.1 Å². The van der Waals surface area contributed by atoms with E-state index in [1.165, 1.54) is 0 Å². The third kappa shape index (κ3) is 5.38. The Bertz CT molecular complexity index is 1200. The molecule has 3 rings (SSSR count). The summed E-state index contributed by atoms with van der Waals surface area (Å²) in [6.07, 6.45) is -10.6. The highest BCUT2D eigenvalue weighted by molar-refractivity contribution is 6.11. The van der Waals surface area contributed by atoms with Crippen LogP contribution >= 0.6 is 0 Å². The van der Waals surface area contributed by atoms with Crippen LogP contribution in [0, 0.1) is 0 Å². The predicted octanol–water partition coefficient (Wildman–Crippen LogP) is 2.80. The molecule has 0 radical (unpaired) electrons. The third-order valence-electron chi connectivity index (χ3n) is 4.72. The highest BCUT2D eigenvalue weighted by Gasteiger charge is 2.36. The lowest BCUT2D eigenvalue weighted by Gasteiger charge is -2.31. The second-order valence-corrected chi connectivity index (χ2v) is 7.22. The summed E-state index contributed by atoms with van der Waals surface area (Å²) in [4.78, 5) is 49.4. The fraction of sp³-hybridized carbons (Fsp3) is 0.300. The highest BCUT2D eigenvalue weighted by atomic mass is 19.4. The quantitative estimate of drug-likeness (QED) is 0.524. The van der Waals surface area contributed by atoms with Crippen molar-refractivity contribution >= 4 is 29.2 Å². The molecular weight excluding hydrogens is 476 g/mol. The van der Waals surface area contributed by atoms with E-state index in [0.29, 0.717) is 35.0 Å². The van der Waals surface area contributed by atoms with Gasteiger partial charge in [0.2, 0.25) is 5.91 Å². The SMILES string of the molecule is CC(OC(=O)Cn1cc(C(F)(F)F)ccc1=O)C(=O)N1CC(=O)Nc2cc(C(F)(F)F)ccc21. The van der Waals surface area contributed by atoms with E-state index in [9.17, 15) is 45.5 Å². The number of nitrogens with zero attached hydrogens (tertiary/aromatic N) is 2. The molecule has 0 bridgehead atoms. The first-order valence-electron chi connectivity index (χ1n) is 9.46. The number of alkyl halides is 6. The second kappa shape index (κ2) is 8.83. The monoisotopic (exact) mass is 491 g/mol. The van der Waals surface area contributed by atoms with E-state index in [2.05, 4.69) is 5.32 Å². The largest absolute Gasteiger partial charge is 0.451 e. The normalized spacial score (nSPS) is 14.8. The maximum absolute atomic E-state index is 12.9. The Morgan fingerprint density at radius 2 is 1.65 bits per heavy atom. The topological polar surface area (TPSA) is 97.7 Å². The van der Waals surface area contributed by atoms with Gasteiger partial charge in [0, 0.05) is 12.3 Å². The highest BCUT2D eigenvalue weighted by Crippen LogP contribution is 2.37. The number of aromatic nitrogens is 1. The van der Waals surface area contributed by atoms with Gasteiger partial charge in [-0.15, -0.1) is 0 Å². The summed E-state index contributed by atoms with van der Waals surface area (Å²) in [6.45, 7) is -0.413. The van der Waals surface area contributed by atoms with Crippen molar-refractivity contribution in [2.24, 2.45) is 0 Å². The maximum Gasteiger partial charge on any atom is 0.417 e. The van der Waals surface area contributed by atoms with Crippen molar-refractivity contribution in [3.63, 3.8) is 0 Å². The number of esters is 1. The van der Waals surface area contributed by atoms with Crippen LogP contribution in [0.4, 0.5) is 37.7 Å². The van der Waals surface area contributed by atoms with E-state index < -0.39 is 66.0 Å². The lowest BCUT2D eigenvalue weighted by atomic mass is 10.1. The van der Waals surface area contributed by atoms with Crippen LogP contribution in [0.1, 0.15) is 18.1 Å². The molecule has 0 saturated carbocycles. The fourth-order valence-electron chi connectivity index (χ4n) is 3.13. The summed E-state index contributed by atoms with van der Waals surface area (Å²) in [7, 11) is 0. The van der Waals surface area contributed by atoms with Crippen molar-refractivity contribution in [3.05, 3.63) is 58.0 Å². The molecule has 0 fully saturated rings.